The van der Waals surface area contributed by atoms with Gasteiger partial charge in [-0.2, -0.15) is 0 Å². The summed E-state index contributed by atoms with van der Waals surface area (Å²) >= 11 is 0. The van der Waals surface area contributed by atoms with Crippen LogP contribution in [0.15, 0.2) is 48.5 Å². The Morgan fingerprint density at radius 1 is 1.19 bits per heavy atom. The first-order chi connectivity index (χ1) is 12.6. The van der Waals surface area contributed by atoms with Crippen LogP contribution in [-0.2, 0) is 0 Å². The number of rotatable bonds is 4. The molecule has 2 aromatic rings. The van der Waals surface area contributed by atoms with Gasteiger partial charge in [0, 0.05) is 36.8 Å². The monoisotopic (exact) mass is 355 g/mol. The van der Waals surface area contributed by atoms with E-state index in [9.17, 15) is 14.0 Å². The lowest BCUT2D eigenvalue weighted by molar-refractivity contribution is 0.0956. The predicted octanol–water partition coefficient (Wildman–Crippen LogP) is 3.60. The van der Waals surface area contributed by atoms with Crippen molar-refractivity contribution >= 4 is 17.6 Å². The summed E-state index contributed by atoms with van der Waals surface area (Å²) in [6, 6.07) is 13.2. The number of halogens is 1. The van der Waals surface area contributed by atoms with Crippen molar-refractivity contribution in [3.8, 4) is 0 Å². The number of anilines is 1. The Labute approximate surface area is 152 Å². The Hall–Kier alpha value is -2.89. The molecular formula is C20H22FN3O2. The van der Waals surface area contributed by atoms with E-state index in [-0.39, 0.29) is 23.7 Å². The molecule has 5 nitrogen and oxygen atoms in total. The SMILES string of the molecule is CCNC(=O)c1ccc(NC(=O)N2CCC(c3cccc(F)c3)C2)cc1. The van der Waals surface area contributed by atoms with Gasteiger partial charge in [0.1, 0.15) is 5.82 Å². The summed E-state index contributed by atoms with van der Waals surface area (Å²) < 4.78 is 13.4. The number of carbonyl (C=O) groups excluding carboxylic acids is 2. The summed E-state index contributed by atoms with van der Waals surface area (Å²) in [5.41, 5.74) is 2.11. The topological polar surface area (TPSA) is 61.4 Å². The maximum Gasteiger partial charge on any atom is 0.321 e. The first-order valence-electron chi connectivity index (χ1n) is 8.76. The van der Waals surface area contributed by atoms with Crippen LogP contribution >= 0.6 is 0 Å². The van der Waals surface area contributed by atoms with Gasteiger partial charge >= 0.3 is 6.03 Å². The van der Waals surface area contributed by atoms with Gasteiger partial charge in [-0.3, -0.25) is 4.79 Å². The number of carbonyl (C=O) groups is 2. The molecule has 1 fully saturated rings. The number of benzene rings is 2. The van der Waals surface area contributed by atoms with Crippen LogP contribution in [-0.4, -0.2) is 36.5 Å². The van der Waals surface area contributed by atoms with E-state index in [4.69, 9.17) is 0 Å². The lowest BCUT2D eigenvalue weighted by atomic mass is 9.98. The van der Waals surface area contributed by atoms with Crippen molar-refractivity contribution in [3.05, 3.63) is 65.5 Å². The van der Waals surface area contributed by atoms with Crippen molar-refractivity contribution in [2.45, 2.75) is 19.3 Å². The fraction of sp³-hybridized carbons (Fsp3) is 0.300. The summed E-state index contributed by atoms with van der Waals surface area (Å²) in [5, 5.41) is 5.58. The van der Waals surface area contributed by atoms with Gasteiger partial charge in [0.15, 0.2) is 0 Å². The van der Waals surface area contributed by atoms with E-state index in [0.717, 1.165) is 12.0 Å². The minimum absolute atomic E-state index is 0.136. The number of hydrogen-bond acceptors (Lipinski definition) is 2. The Kier molecular flexibility index (Phi) is 5.51. The Morgan fingerprint density at radius 2 is 1.96 bits per heavy atom. The van der Waals surface area contributed by atoms with E-state index in [1.165, 1.54) is 12.1 Å². The maximum atomic E-state index is 13.4. The molecule has 26 heavy (non-hydrogen) atoms. The highest BCUT2D eigenvalue weighted by Crippen LogP contribution is 2.28. The molecule has 3 rings (SSSR count). The molecule has 2 N–H and O–H groups in total. The van der Waals surface area contributed by atoms with E-state index in [1.54, 1.807) is 35.2 Å². The number of likely N-dealkylation sites (tertiary alicyclic amines) is 1. The van der Waals surface area contributed by atoms with Crippen LogP contribution in [0, 0.1) is 5.82 Å². The van der Waals surface area contributed by atoms with Gasteiger partial charge in [-0.25, -0.2) is 9.18 Å². The molecule has 0 spiro atoms. The first kappa shape index (κ1) is 17.9. The van der Waals surface area contributed by atoms with Gasteiger partial charge in [0.25, 0.3) is 5.91 Å². The highest BCUT2D eigenvalue weighted by atomic mass is 19.1. The van der Waals surface area contributed by atoms with Crippen LogP contribution in [0.5, 0.6) is 0 Å². The smallest absolute Gasteiger partial charge is 0.321 e. The normalized spacial score (nSPS) is 16.4. The van der Waals surface area contributed by atoms with Gasteiger partial charge in [-0.15, -0.1) is 0 Å². The summed E-state index contributed by atoms with van der Waals surface area (Å²) in [6.07, 6.45) is 0.813. The van der Waals surface area contributed by atoms with E-state index >= 15 is 0 Å². The second kappa shape index (κ2) is 7.99. The van der Waals surface area contributed by atoms with Crippen molar-refractivity contribution in [2.75, 3.05) is 25.0 Å². The summed E-state index contributed by atoms with van der Waals surface area (Å²) in [6.45, 7) is 3.62. The Morgan fingerprint density at radius 3 is 2.65 bits per heavy atom. The highest BCUT2D eigenvalue weighted by molar-refractivity contribution is 5.95. The van der Waals surface area contributed by atoms with Crippen LogP contribution in [0.25, 0.3) is 0 Å². The number of nitrogens with zero attached hydrogens (tertiary/aromatic N) is 1. The van der Waals surface area contributed by atoms with E-state index in [2.05, 4.69) is 10.6 Å². The molecule has 1 aliphatic heterocycles. The molecule has 1 aliphatic rings. The molecule has 136 valence electrons. The van der Waals surface area contributed by atoms with Crippen molar-refractivity contribution in [2.24, 2.45) is 0 Å². The van der Waals surface area contributed by atoms with Gasteiger partial charge < -0.3 is 15.5 Å². The van der Waals surface area contributed by atoms with Gasteiger partial charge in [0.2, 0.25) is 0 Å². The highest BCUT2D eigenvalue weighted by Gasteiger charge is 2.27. The van der Waals surface area contributed by atoms with Crippen LogP contribution in [0.3, 0.4) is 0 Å². The van der Waals surface area contributed by atoms with Crippen LogP contribution in [0.2, 0.25) is 0 Å². The molecule has 0 aliphatic carbocycles. The van der Waals surface area contributed by atoms with Gasteiger partial charge in [-0.05, 0) is 55.3 Å². The zero-order chi connectivity index (χ0) is 18.5. The van der Waals surface area contributed by atoms with E-state index in [1.807, 2.05) is 13.0 Å². The zero-order valence-corrected chi connectivity index (χ0v) is 14.7. The quantitative estimate of drug-likeness (QED) is 0.880. The minimum atomic E-state index is -0.252. The van der Waals surface area contributed by atoms with Gasteiger partial charge in [0.05, 0.1) is 0 Å². The molecule has 0 bridgehead atoms. The van der Waals surface area contributed by atoms with E-state index in [0.29, 0.717) is 30.9 Å². The average Bonchev–Trinajstić information content (AvgIpc) is 3.13. The Bertz CT molecular complexity index is 792. The summed E-state index contributed by atoms with van der Waals surface area (Å²) in [4.78, 5) is 25.9. The number of urea groups is 1. The fourth-order valence-electron chi connectivity index (χ4n) is 3.15. The van der Waals surface area contributed by atoms with Crippen LogP contribution in [0.4, 0.5) is 14.9 Å². The molecule has 2 aromatic carbocycles. The molecule has 1 atom stereocenters. The third-order valence-electron chi connectivity index (χ3n) is 4.53. The fourth-order valence-corrected chi connectivity index (χ4v) is 3.15. The second-order valence-corrected chi connectivity index (χ2v) is 6.35. The molecule has 0 radical (unpaired) electrons. The lowest BCUT2D eigenvalue weighted by Crippen LogP contribution is -2.32. The molecule has 1 saturated heterocycles. The Balaban J connectivity index is 1.58. The first-order valence-corrected chi connectivity index (χ1v) is 8.76. The van der Waals surface area contributed by atoms with Crippen molar-refractivity contribution in [1.82, 2.24) is 10.2 Å². The zero-order valence-electron chi connectivity index (χ0n) is 14.7. The number of amides is 3. The van der Waals surface area contributed by atoms with E-state index < -0.39 is 0 Å². The van der Waals surface area contributed by atoms with Gasteiger partial charge in [-0.1, -0.05) is 12.1 Å². The summed E-state index contributed by atoms with van der Waals surface area (Å²) in [7, 11) is 0. The summed E-state index contributed by atoms with van der Waals surface area (Å²) in [5.74, 6) is -0.239. The minimum Gasteiger partial charge on any atom is -0.352 e. The van der Waals surface area contributed by atoms with Crippen molar-refractivity contribution in [3.63, 3.8) is 0 Å². The molecule has 1 heterocycles. The lowest BCUT2D eigenvalue weighted by Gasteiger charge is -2.18. The molecule has 0 saturated carbocycles. The molecule has 6 heteroatoms. The van der Waals surface area contributed by atoms with Crippen molar-refractivity contribution in [1.29, 1.82) is 0 Å². The second-order valence-electron chi connectivity index (χ2n) is 6.35. The predicted molar refractivity (Wildman–Crippen MR) is 98.8 cm³/mol. The number of hydrogen-bond donors (Lipinski definition) is 2. The molecule has 0 aromatic heterocycles. The number of nitrogens with one attached hydrogen (secondary N) is 2. The van der Waals surface area contributed by atoms with Crippen LogP contribution in [0.1, 0.15) is 35.2 Å². The third-order valence-corrected chi connectivity index (χ3v) is 4.53. The standard InChI is InChI=1S/C20H22FN3O2/c1-2-22-19(25)14-6-8-18(9-7-14)23-20(26)24-11-10-16(13-24)15-4-3-5-17(21)12-15/h3-9,12,16H,2,10-11,13H2,1H3,(H,22,25)(H,23,26). The third kappa shape index (κ3) is 4.20. The largest absolute Gasteiger partial charge is 0.352 e. The molecular weight excluding hydrogens is 333 g/mol. The van der Waals surface area contributed by atoms with Crippen molar-refractivity contribution < 1.29 is 14.0 Å². The average molecular weight is 355 g/mol. The maximum absolute atomic E-state index is 13.4. The molecule has 1 unspecified atom stereocenters. The van der Waals surface area contributed by atoms with Crippen LogP contribution < -0.4 is 10.6 Å². The molecule has 3 amide bonds.